The Labute approximate surface area is 90.7 Å². The van der Waals surface area contributed by atoms with Crippen LogP contribution in [0.3, 0.4) is 0 Å². The van der Waals surface area contributed by atoms with Crippen LogP contribution in [0.15, 0.2) is 0 Å². The molecule has 1 aliphatic carbocycles. The van der Waals surface area contributed by atoms with Crippen molar-refractivity contribution in [3.63, 3.8) is 0 Å². The number of aliphatic hydroxyl groups is 1. The second-order valence-electron chi connectivity index (χ2n) is 4.50. The van der Waals surface area contributed by atoms with E-state index in [-0.39, 0.29) is 25.1 Å². The molecular formula is C11H21NO3. The highest BCUT2D eigenvalue weighted by Gasteiger charge is 2.25. The minimum absolute atomic E-state index is 0.0142. The second-order valence-corrected chi connectivity index (χ2v) is 4.50. The largest absolute Gasteiger partial charge is 0.481 e. The van der Waals surface area contributed by atoms with Gasteiger partial charge in [-0.2, -0.15) is 0 Å². The van der Waals surface area contributed by atoms with E-state index in [4.69, 9.17) is 5.11 Å². The maximum absolute atomic E-state index is 10.5. The van der Waals surface area contributed by atoms with E-state index < -0.39 is 5.97 Å². The molecule has 0 radical (unpaired) electrons. The van der Waals surface area contributed by atoms with Crippen molar-refractivity contribution in [1.82, 2.24) is 5.32 Å². The third kappa shape index (κ3) is 4.18. The van der Waals surface area contributed by atoms with Gasteiger partial charge in [0.2, 0.25) is 0 Å². The van der Waals surface area contributed by atoms with Crippen LogP contribution in [0.5, 0.6) is 0 Å². The van der Waals surface area contributed by atoms with Crippen LogP contribution < -0.4 is 5.32 Å². The summed E-state index contributed by atoms with van der Waals surface area (Å²) >= 11 is 0. The van der Waals surface area contributed by atoms with Crippen molar-refractivity contribution in [2.75, 3.05) is 6.61 Å². The lowest BCUT2D eigenvalue weighted by Gasteiger charge is -2.33. The van der Waals surface area contributed by atoms with E-state index in [1.807, 2.05) is 6.92 Å². The molecular weight excluding hydrogens is 194 g/mol. The fraction of sp³-hybridized carbons (Fsp3) is 0.909. The van der Waals surface area contributed by atoms with Gasteiger partial charge in [-0.15, -0.1) is 0 Å². The first kappa shape index (κ1) is 12.5. The quantitative estimate of drug-likeness (QED) is 0.639. The predicted molar refractivity (Wildman–Crippen MR) is 57.7 cm³/mol. The minimum atomic E-state index is -0.772. The summed E-state index contributed by atoms with van der Waals surface area (Å²) in [5.41, 5.74) is 0. The van der Waals surface area contributed by atoms with Crippen molar-refractivity contribution in [2.24, 2.45) is 5.92 Å². The van der Waals surface area contributed by atoms with Gasteiger partial charge in [0.25, 0.3) is 0 Å². The van der Waals surface area contributed by atoms with Gasteiger partial charge < -0.3 is 15.5 Å². The Bertz CT molecular complexity index is 208. The van der Waals surface area contributed by atoms with E-state index >= 15 is 0 Å². The third-order valence-electron chi connectivity index (χ3n) is 3.12. The average molecular weight is 215 g/mol. The van der Waals surface area contributed by atoms with Crippen LogP contribution in [-0.2, 0) is 4.79 Å². The highest BCUT2D eigenvalue weighted by atomic mass is 16.4. The van der Waals surface area contributed by atoms with Gasteiger partial charge in [-0.3, -0.25) is 4.79 Å². The van der Waals surface area contributed by atoms with Crippen LogP contribution in [0, 0.1) is 5.92 Å². The highest BCUT2D eigenvalue weighted by molar-refractivity contribution is 5.67. The Morgan fingerprint density at radius 1 is 1.47 bits per heavy atom. The molecule has 0 heterocycles. The number of hydrogen-bond donors (Lipinski definition) is 3. The van der Waals surface area contributed by atoms with Gasteiger partial charge in [0.1, 0.15) is 0 Å². The summed E-state index contributed by atoms with van der Waals surface area (Å²) in [7, 11) is 0. The number of rotatable bonds is 5. The average Bonchev–Trinajstić information content (AvgIpc) is 2.17. The first-order valence-electron chi connectivity index (χ1n) is 5.72. The summed E-state index contributed by atoms with van der Waals surface area (Å²) < 4.78 is 0. The molecule has 3 unspecified atom stereocenters. The van der Waals surface area contributed by atoms with E-state index in [1.54, 1.807) is 0 Å². The van der Waals surface area contributed by atoms with Crippen LogP contribution in [0.2, 0.25) is 0 Å². The molecule has 15 heavy (non-hydrogen) atoms. The van der Waals surface area contributed by atoms with Crippen molar-refractivity contribution in [3.05, 3.63) is 0 Å². The molecule has 3 N–H and O–H groups in total. The summed E-state index contributed by atoms with van der Waals surface area (Å²) in [6.07, 6.45) is 4.60. The van der Waals surface area contributed by atoms with Gasteiger partial charge in [-0.05, 0) is 25.7 Å². The van der Waals surface area contributed by atoms with Gasteiger partial charge in [-0.25, -0.2) is 0 Å². The maximum atomic E-state index is 10.5. The van der Waals surface area contributed by atoms with E-state index in [0.717, 1.165) is 12.8 Å². The zero-order valence-corrected chi connectivity index (χ0v) is 9.28. The lowest BCUT2D eigenvalue weighted by Crippen LogP contribution is -2.45. The molecule has 88 valence electrons. The summed E-state index contributed by atoms with van der Waals surface area (Å²) in [5.74, 6) is -0.471. The maximum Gasteiger partial charge on any atom is 0.304 e. The van der Waals surface area contributed by atoms with Gasteiger partial charge in [0.05, 0.1) is 6.42 Å². The number of carboxylic acids is 1. The molecule has 0 saturated heterocycles. The molecule has 0 bridgehead atoms. The van der Waals surface area contributed by atoms with Crippen molar-refractivity contribution in [2.45, 2.75) is 51.1 Å². The molecule has 0 aromatic rings. The number of carboxylic acid groups (broad SMARTS) is 1. The fourth-order valence-electron chi connectivity index (χ4n) is 2.33. The molecule has 0 aliphatic heterocycles. The Kier molecular flexibility index (Phi) is 5.05. The number of hydrogen-bond acceptors (Lipinski definition) is 3. The summed E-state index contributed by atoms with van der Waals surface area (Å²) in [6.45, 7) is 2.09. The molecule has 0 spiro atoms. The lowest BCUT2D eigenvalue weighted by atomic mass is 9.84. The van der Waals surface area contributed by atoms with E-state index in [9.17, 15) is 9.90 Å². The summed E-state index contributed by atoms with van der Waals surface area (Å²) in [5, 5.41) is 21.2. The molecule has 1 aliphatic rings. The first-order valence-corrected chi connectivity index (χ1v) is 5.72. The smallest absolute Gasteiger partial charge is 0.304 e. The number of nitrogens with one attached hydrogen (secondary N) is 1. The van der Waals surface area contributed by atoms with Gasteiger partial charge in [-0.1, -0.05) is 12.8 Å². The third-order valence-corrected chi connectivity index (χ3v) is 3.12. The standard InChI is InChI=1S/C11H21NO3/c1-8(6-11(14)15)12-10-5-3-2-4-9(10)7-13/h8-10,12-13H,2-7H2,1H3,(H,14,15). The van der Waals surface area contributed by atoms with Gasteiger partial charge >= 0.3 is 5.97 Å². The van der Waals surface area contributed by atoms with Crippen LogP contribution in [0.4, 0.5) is 0 Å². The second kappa shape index (κ2) is 6.08. The molecule has 3 atom stereocenters. The molecule has 1 saturated carbocycles. The number of aliphatic hydroxyl groups excluding tert-OH is 1. The van der Waals surface area contributed by atoms with E-state index in [2.05, 4.69) is 5.32 Å². The zero-order valence-electron chi connectivity index (χ0n) is 9.28. The molecule has 4 nitrogen and oxygen atoms in total. The van der Waals surface area contributed by atoms with E-state index in [1.165, 1.54) is 12.8 Å². The summed E-state index contributed by atoms with van der Waals surface area (Å²) in [6, 6.07) is 0.276. The normalized spacial score (nSPS) is 28.7. The highest BCUT2D eigenvalue weighted by Crippen LogP contribution is 2.24. The SMILES string of the molecule is CC(CC(=O)O)NC1CCCCC1CO. The molecule has 0 aromatic heterocycles. The molecule has 0 aromatic carbocycles. The van der Waals surface area contributed by atoms with Gasteiger partial charge in [0, 0.05) is 18.7 Å². The van der Waals surface area contributed by atoms with Crippen molar-refractivity contribution < 1.29 is 15.0 Å². The van der Waals surface area contributed by atoms with Crippen LogP contribution >= 0.6 is 0 Å². The lowest BCUT2D eigenvalue weighted by molar-refractivity contribution is -0.137. The number of carbonyl (C=O) groups is 1. The predicted octanol–water partition coefficient (Wildman–Crippen LogP) is 0.990. The first-order chi connectivity index (χ1) is 7.13. The fourth-order valence-corrected chi connectivity index (χ4v) is 2.33. The van der Waals surface area contributed by atoms with Crippen molar-refractivity contribution in [3.8, 4) is 0 Å². The van der Waals surface area contributed by atoms with Crippen LogP contribution in [-0.4, -0.2) is 34.9 Å². The molecule has 0 amide bonds. The Morgan fingerprint density at radius 2 is 2.13 bits per heavy atom. The van der Waals surface area contributed by atoms with Crippen LogP contribution in [0.25, 0.3) is 0 Å². The Morgan fingerprint density at radius 3 is 2.73 bits per heavy atom. The molecule has 4 heteroatoms. The minimum Gasteiger partial charge on any atom is -0.481 e. The Hall–Kier alpha value is -0.610. The number of aliphatic carboxylic acids is 1. The Balaban J connectivity index is 2.37. The monoisotopic (exact) mass is 215 g/mol. The molecule has 1 fully saturated rings. The topological polar surface area (TPSA) is 69.6 Å². The molecule has 1 rings (SSSR count). The zero-order chi connectivity index (χ0) is 11.3. The van der Waals surface area contributed by atoms with Crippen molar-refractivity contribution in [1.29, 1.82) is 0 Å². The van der Waals surface area contributed by atoms with Gasteiger partial charge in [0.15, 0.2) is 0 Å². The van der Waals surface area contributed by atoms with Crippen LogP contribution in [0.1, 0.15) is 39.0 Å². The summed E-state index contributed by atoms with van der Waals surface area (Å²) in [4.78, 5) is 10.5. The van der Waals surface area contributed by atoms with E-state index in [0.29, 0.717) is 5.92 Å². The van der Waals surface area contributed by atoms with Crippen molar-refractivity contribution >= 4 is 5.97 Å².